The van der Waals surface area contributed by atoms with Crippen LogP contribution in [0.25, 0.3) is 0 Å². The zero-order valence-corrected chi connectivity index (χ0v) is 16.5. The Bertz CT molecular complexity index is 824. The maximum absolute atomic E-state index is 12.7. The first kappa shape index (κ1) is 18.6. The van der Waals surface area contributed by atoms with Crippen LogP contribution in [0.5, 0.6) is 0 Å². The monoisotopic (exact) mass is 412 g/mol. The van der Waals surface area contributed by atoms with E-state index in [0.717, 1.165) is 11.3 Å². The van der Waals surface area contributed by atoms with Crippen molar-refractivity contribution < 1.29 is 4.79 Å². The van der Waals surface area contributed by atoms with E-state index in [4.69, 9.17) is 34.8 Å². The molecule has 2 aromatic carbocycles. The first-order chi connectivity index (χ1) is 11.9. The molecule has 0 N–H and O–H groups in total. The molecule has 3 nitrogen and oxygen atoms in total. The highest BCUT2D eigenvalue weighted by Gasteiger charge is 2.30. The quantitative estimate of drug-likeness (QED) is 0.633. The van der Waals surface area contributed by atoms with E-state index in [9.17, 15) is 4.79 Å². The second-order valence-electron chi connectivity index (χ2n) is 5.73. The molecule has 1 saturated heterocycles. The van der Waals surface area contributed by atoms with Crippen LogP contribution in [0.4, 0.5) is 5.69 Å². The van der Waals surface area contributed by atoms with Crippen molar-refractivity contribution in [2.75, 3.05) is 6.54 Å². The predicted octanol–water partition coefficient (Wildman–Crippen LogP) is 5.84. The maximum Gasteiger partial charge on any atom is 0.233 e. The lowest BCUT2D eigenvalue weighted by Gasteiger charge is -2.16. The van der Waals surface area contributed by atoms with Crippen molar-refractivity contribution in [1.29, 1.82) is 0 Å². The first-order valence-corrected chi connectivity index (χ1v) is 9.69. The van der Waals surface area contributed by atoms with Gasteiger partial charge in [-0.15, -0.1) is 0 Å². The fourth-order valence-electron chi connectivity index (χ4n) is 2.46. The molecule has 0 aromatic heterocycles. The van der Waals surface area contributed by atoms with Gasteiger partial charge in [0.15, 0.2) is 5.17 Å². The third kappa shape index (κ3) is 4.70. The lowest BCUT2D eigenvalue weighted by atomic mass is 10.1. The number of hydrogen-bond donors (Lipinski definition) is 0. The number of thioether (sulfide) groups is 1. The zero-order chi connectivity index (χ0) is 18.0. The molecule has 2 aromatic rings. The van der Waals surface area contributed by atoms with Crippen molar-refractivity contribution in [3.8, 4) is 0 Å². The lowest BCUT2D eigenvalue weighted by Crippen LogP contribution is -2.33. The smallest absolute Gasteiger partial charge is 0.233 e. The van der Waals surface area contributed by atoms with Crippen molar-refractivity contribution in [3.63, 3.8) is 0 Å². The first-order valence-electron chi connectivity index (χ1n) is 7.67. The van der Waals surface area contributed by atoms with E-state index in [1.807, 2.05) is 18.2 Å². The topological polar surface area (TPSA) is 32.7 Å². The van der Waals surface area contributed by atoms with Gasteiger partial charge in [0, 0.05) is 16.8 Å². The van der Waals surface area contributed by atoms with Crippen molar-refractivity contribution in [3.05, 3.63) is 63.1 Å². The van der Waals surface area contributed by atoms with Crippen molar-refractivity contribution >= 4 is 63.3 Å². The number of nitrogens with zero attached hydrogens (tertiary/aromatic N) is 2. The number of halogens is 3. The molecule has 1 atom stereocenters. The van der Waals surface area contributed by atoms with E-state index in [-0.39, 0.29) is 12.3 Å². The second-order valence-corrected chi connectivity index (χ2v) is 8.39. The number of benzene rings is 2. The highest BCUT2D eigenvalue weighted by atomic mass is 35.5. The molecule has 1 fully saturated rings. The van der Waals surface area contributed by atoms with Crippen LogP contribution in [-0.2, 0) is 11.2 Å². The molecule has 1 amide bonds. The van der Waals surface area contributed by atoms with E-state index in [1.165, 1.54) is 0 Å². The third-order valence-electron chi connectivity index (χ3n) is 3.67. The number of amidine groups is 1. The molecule has 0 spiro atoms. The summed E-state index contributed by atoms with van der Waals surface area (Å²) >= 11 is 19.5. The van der Waals surface area contributed by atoms with Crippen molar-refractivity contribution in [2.24, 2.45) is 4.99 Å². The number of aliphatic imine (C=N–C) groups is 1. The van der Waals surface area contributed by atoms with E-state index < -0.39 is 0 Å². The molecule has 0 radical (unpaired) electrons. The molecule has 1 heterocycles. The highest BCUT2D eigenvalue weighted by Crippen LogP contribution is 2.30. The van der Waals surface area contributed by atoms with Gasteiger partial charge in [-0.05, 0) is 42.0 Å². The van der Waals surface area contributed by atoms with E-state index in [0.29, 0.717) is 32.0 Å². The molecular formula is C18H15Cl3N2OS. The van der Waals surface area contributed by atoms with Crippen LogP contribution < -0.4 is 0 Å². The lowest BCUT2D eigenvalue weighted by molar-refractivity contribution is -0.126. The Morgan fingerprint density at radius 3 is 2.56 bits per heavy atom. The Balaban J connectivity index is 1.79. The molecule has 0 unspecified atom stereocenters. The Morgan fingerprint density at radius 2 is 1.88 bits per heavy atom. The van der Waals surface area contributed by atoms with E-state index in [1.54, 1.807) is 40.9 Å². The SMILES string of the molecule is C[C@@H]1CN(C(=O)Cc2ccc(Cl)c(Cl)c2)C(=Nc2ccc(Cl)cc2)S1. The minimum Gasteiger partial charge on any atom is -0.290 e. The fourth-order valence-corrected chi connectivity index (χ4v) is 3.95. The number of rotatable bonds is 3. The minimum atomic E-state index is -0.0112. The Hall–Kier alpha value is -1.20. The summed E-state index contributed by atoms with van der Waals surface area (Å²) in [6, 6.07) is 12.5. The summed E-state index contributed by atoms with van der Waals surface area (Å²) in [7, 11) is 0. The van der Waals surface area contributed by atoms with Crippen LogP contribution in [0.1, 0.15) is 12.5 Å². The second kappa shape index (κ2) is 8.00. The predicted molar refractivity (Wildman–Crippen MR) is 107 cm³/mol. The van der Waals surface area contributed by atoms with Gasteiger partial charge in [0.05, 0.1) is 22.2 Å². The number of carbonyl (C=O) groups excluding carboxylic acids is 1. The molecule has 0 bridgehead atoms. The van der Waals surface area contributed by atoms with Gasteiger partial charge in [-0.25, -0.2) is 4.99 Å². The summed E-state index contributed by atoms with van der Waals surface area (Å²) in [4.78, 5) is 19.1. The van der Waals surface area contributed by atoms with Gasteiger partial charge in [0.1, 0.15) is 0 Å². The van der Waals surface area contributed by atoms with Gasteiger partial charge in [-0.2, -0.15) is 0 Å². The van der Waals surface area contributed by atoms with Gasteiger partial charge >= 0.3 is 0 Å². The van der Waals surface area contributed by atoms with Gasteiger partial charge in [-0.1, -0.05) is 59.6 Å². The molecule has 0 aliphatic carbocycles. The standard InChI is InChI=1S/C18H15Cl3N2OS/c1-11-10-23(17(24)9-12-2-7-15(20)16(21)8-12)18(25-11)22-14-5-3-13(19)4-6-14/h2-8,11H,9-10H2,1H3/t11-/m1/s1. The number of hydrogen-bond acceptors (Lipinski definition) is 3. The van der Waals surface area contributed by atoms with Crippen LogP contribution in [0.2, 0.25) is 15.1 Å². The molecule has 7 heteroatoms. The third-order valence-corrected chi connectivity index (χ3v) is 5.73. The summed E-state index contributed by atoms with van der Waals surface area (Å²) in [6.07, 6.45) is 0.254. The summed E-state index contributed by atoms with van der Waals surface area (Å²) in [6.45, 7) is 2.71. The van der Waals surface area contributed by atoms with Gasteiger partial charge in [0.25, 0.3) is 0 Å². The molecular weight excluding hydrogens is 399 g/mol. The van der Waals surface area contributed by atoms with Crippen LogP contribution in [0, 0.1) is 0 Å². The summed E-state index contributed by atoms with van der Waals surface area (Å²) in [5.74, 6) is -0.0112. The molecule has 1 aliphatic heterocycles. The van der Waals surface area contributed by atoms with Crippen LogP contribution >= 0.6 is 46.6 Å². The largest absolute Gasteiger partial charge is 0.290 e. The summed E-state index contributed by atoms with van der Waals surface area (Å²) in [5.41, 5.74) is 1.60. The van der Waals surface area contributed by atoms with E-state index in [2.05, 4.69) is 11.9 Å². The number of carbonyl (C=O) groups is 1. The average molecular weight is 414 g/mol. The van der Waals surface area contributed by atoms with E-state index >= 15 is 0 Å². The van der Waals surface area contributed by atoms with Crippen LogP contribution in [-0.4, -0.2) is 27.8 Å². The Kier molecular flexibility index (Phi) is 5.95. The molecule has 3 rings (SSSR count). The van der Waals surface area contributed by atoms with Gasteiger partial charge < -0.3 is 0 Å². The van der Waals surface area contributed by atoms with Gasteiger partial charge in [0.2, 0.25) is 5.91 Å². The number of amides is 1. The van der Waals surface area contributed by atoms with Crippen LogP contribution in [0.3, 0.4) is 0 Å². The summed E-state index contributed by atoms with van der Waals surface area (Å²) < 4.78 is 0. The Labute approximate surface area is 166 Å². The average Bonchev–Trinajstić information content (AvgIpc) is 2.94. The highest BCUT2D eigenvalue weighted by molar-refractivity contribution is 8.14. The molecule has 25 heavy (non-hydrogen) atoms. The summed E-state index contributed by atoms with van der Waals surface area (Å²) in [5, 5.41) is 2.59. The van der Waals surface area contributed by atoms with Gasteiger partial charge in [-0.3, -0.25) is 9.69 Å². The molecule has 1 aliphatic rings. The minimum absolute atomic E-state index is 0.0112. The Morgan fingerprint density at radius 1 is 1.16 bits per heavy atom. The van der Waals surface area contributed by atoms with Crippen molar-refractivity contribution in [1.82, 2.24) is 4.90 Å². The molecule has 0 saturated carbocycles. The van der Waals surface area contributed by atoms with Crippen LogP contribution in [0.15, 0.2) is 47.5 Å². The van der Waals surface area contributed by atoms with Crippen molar-refractivity contribution in [2.45, 2.75) is 18.6 Å². The molecule has 130 valence electrons. The fraction of sp³-hybridized carbons (Fsp3) is 0.222. The zero-order valence-electron chi connectivity index (χ0n) is 13.4. The normalized spacial score (nSPS) is 18.8. The maximum atomic E-state index is 12.7.